The number of likely N-dealkylation sites (N-methyl/N-ethyl adjacent to an activating group) is 1. The molecule has 3 heterocycles. The lowest BCUT2D eigenvalue weighted by molar-refractivity contribution is -0.136. The van der Waals surface area contributed by atoms with Crippen molar-refractivity contribution in [2.24, 2.45) is 5.73 Å². The van der Waals surface area contributed by atoms with Gasteiger partial charge in [0.25, 0.3) is 0 Å². The first-order valence-corrected chi connectivity index (χ1v) is 17.8. The predicted octanol–water partition coefficient (Wildman–Crippen LogP) is 2.56. The number of anilines is 1. The van der Waals surface area contributed by atoms with E-state index in [4.69, 9.17) is 20.3 Å². The van der Waals surface area contributed by atoms with Gasteiger partial charge >= 0.3 is 5.97 Å². The van der Waals surface area contributed by atoms with Gasteiger partial charge in [0, 0.05) is 38.7 Å². The number of hydrogen-bond acceptors (Lipinski definition) is 14. The Morgan fingerprint density at radius 2 is 1.49 bits per heavy atom. The van der Waals surface area contributed by atoms with Crippen LogP contribution in [-0.4, -0.2) is 129 Å². The summed E-state index contributed by atoms with van der Waals surface area (Å²) in [5.74, 6) is -0.570. The van der Waals surface area contributed by atoms with Gasteiger partial charge in [-0.15, -0.1) is 20.4 Å². The van der Waals surface area contributed by atoms with Gasteiger partial charge in [0.05, 0.1) is 42.8 Å². The summed E-state index contributed by atoms with van der Waals surface area (Å²) < 4.78 is 11.8. The number of nitrogens with zero attached hydrogens (tertiary/aromatic N) is 7. The third-order valence-electron chi connectivity index (χ3n) is 7.80. The molecule has 53 heavy (non-hydrogen) atoms. The third kappa shape index (κ3) is 19.7. The Balaban J connectivity index is 0.000000763. The largest absolute Gasteiger partial charge is 0.480 e. The zero-order valence-corrected chi connectivity index (χ0v) is 31.9. The highest BCUT2D eigenvalue weighted by atomic mass is 16.5. The monoisotopic (exact) mass is 739 g/mol. The fourth-order valence-corrected chi connectivity index (χ4v) is 4.46. The van der Waals surface area contributed by atoms with E-state index in [-0.39, 0.29) is 48.2 Å². The van der Waals surface area contributed by atoms with Crippen molar-refractivity contribution in [3.05, 3.63) is 42.7 Å². The number of aromatic nitrogens is 6. The lowest BCUT2D eigenvalue weighted by Crippen LogP contribution is -2.34. The van der Waals surface area contributed by atoms with Gasteiger partial charge in [0.1, 0.15) is 11.4 Å². The number of pyridine rings is 2. The Morgan fingerprint density at radius 1 is 0.849 bits per heavy atom. The second-order valence-corrected chi connectivity index (χ2v) is 13.4. The number of aliphatic carboxylic acids is 1. The first-order chi connectivity index (χ1) is 25.2. The number of nitrogens with two attached hydrogens (primary N) is 1. The molecule has 2 amide bonds. The smallest absolute Gasteiger partial charge is 0.317 e. The van der Waals surface area contributed by atoms with Crippen molar-refractivity contribution < 1.29 is 29.0 Å². The molecule has 0 bridgehead atoms. The predicted molar refractivity (Wildman–Crippen MR) is 202 cm³/mol. The van der Waals surface area contributed by atoms with Crippen LogP contribution in [0.15, 0.2) is 42.7 Å². The molecule has 0 saturated heterocycles. The summed E-state index contributed by atoms with van der Waals surface area (Å²) in [6.45, 7) is 14.7. The number of carboxylic acid groups (broad SMARTS) is 1. The molecule has 3 aromatic rings. The molecule has 0 radical (unpaired) electrons. The number of rotatable bonds is 23. The first-order valence-electron chi connectivity index (χ1n) is 17.8. The Hall–Kier alpha value is -4.55. The highest BCUT2D eigenvalue weighted by Crippen LogP contribution is 2.19. The van der Waals surface area contributed by atoms with Gasteiger partial charge in [-0.1, -0.05) is 13.0 Å². The average Bonchev–Trinajstić information content (AvgIpc) is 3.12. The van der Waals surface area contributed by atoms with Crippen LogP contribution in [0, 0.1) is 0 Å². The number of carbonyl (C=O) groups is 3. The second kappa shape index (κ2) is 23.9. The molecule has 6 N–H and O–H groups in total. The summed E-state index contributed by atoms with van der Waals surface area (Å²) >= 11 is 0. The molecule has 0 aromatic carbocycles. The Kier molecular flexibility index (Phi) is 20.1. The molecule has 17 heteroatoms. The van der Waals surface area contributed by atoms with Gasteiger partial charge in [0.15, 0.2) is 0 Å². The Morgan fingerprint density at radius 3 is 2.08 bits per heavy atom. The van der Waals surface area contributed by atoms with Gasteiger partial charge < -0.3 is 41.2 Å². The van der Waals surface area contributed by atoms with Crippen molar-refractivity contribution in [1.82, 2.24) is 45.9 Å². The standard InChI is InChI=1S/C29H41N9O4.C7H16N2O2/c1-28(2,13-15-30)41-18-14-29(3,4)42-19-17-32-24(39)9-7-10-25(40)34-21-11-12-23(33-20-21)27-37-35-26(36-38-27)22-8-5-6-16-31-22;1-3-9(2)5-4-8-6-7(10)11/h5-6,8,11-12,16,20H,7,9-10,13-15,17-19,30H2,1-4H3,(H,32,39)(H,34,40);8H,3-6H2,1-2H3,(H,10,11). The Labute approximate surface area is 312 Å². The topological polar surface area (TPSA) is 233 Å². The lowest BCUT2D eigenvalue weighted by atomic mass is 10.0. The van der Waals surface area contributed by atoms with Crippen molar-refractivity contribution in [2.75, 3.05) is 64.8 Å². The van der Waals surface area contributed by atoms with Gasteiger partial charge in [-0.05, 0) is 91.4 Å². The van der Waals surface area contributed by atoms with E-state index in [1.807, 2.05) is 40.8 Å². The van der Waals surface area contributed by atoms with Crippen LogP contribution in [0.1, 0.15) is 66.7 Å². The highest BCUT2D eigenvalue weighted by Gasteiger charge is 2.22. The zero-order chi connectivity index (χ0) is 39.1. The first kappa shape index (κ1) is 44.6. The molecule has 0 aliphatic rings. The maximum atomic E-state index is 12.3. The molecule has 0 spiro atoms. The maximum absolute atomic E-state index is 12.3. The van der Waals surface area contributed by atoms with Gasteiger partial charge in [-0.2, -0.15) is 0 Å². The average molecular weight is 740 g/mol. The number of nitrogens with one attached hydrogen (secondary N) is 3. The maximum Gasteiger partial charge on any atom is 0.317 e. The SMILES string of the molecule is CC(C)(CCN)OCCC(C)(C)OCCNC(=O)CCCC(=O)Nc1ccc(-c2nnc(-c3ccccn3)nn2)nc1.CCN(C)CCNCC(=O)O. The van der Waals surface area contributed by atoms with Crippen LogP contribution in [0.2, 0.25) is 0 Å². The van der Waals surface area contributed by atoms with E-state index < -0.39 is 5.97 Å². The number of carboxylic acids is 1. The molecule has 17 nitrogen and oxygen atoms in total. The van der Waals surface area contributed by atoms with Crippen molar-refractivity contribution in [2.45, 2.75) is 77.9 Å². The van der Waals surface area contributed by atoms with Gasteiger partial charge in [-0.3, -0.25) is 24.4 Å². The van der Waals surface area contributed by atoms with Crippen molar-refractivity contribution >= 4 is 23.5 Å². The van der Waals surface area contributed by atoms with E-state index in [9.17, 15) is 14.4 Å². The van der Waals surface area contributed by atoms with Crippen molar-refractivity contribution in [3.63, 3.8) is 0 Å². The van der Waals surface area contributed by atoms with E-state index >= 15 is 0 Å². The van der Waals surface area contributed by atoms with Gasteiger partial charge in [0.2, 0.25) is 23.5 Å². The quantitative estimate of drug-likeness (QED) is 0.0880. The summed E-state index contributed by atoms with van der Waals surface area (Å²) in [5, 5.41) is 32.9. The molecule has 0 unspecified atom stereocenters. The van der Waals surface area contributed by atoms with Crippen LogP contribution in [-0.2, 0) is 23.9 Å². The number of ether oxygens (including phenoxy) is 2. The van der Waals surface area contributed by atoms with Gasteiger partial charge in [-0.25, -0.2) is 0 Å². The molecule has 0 aliphatic carbocycles. The minimum atomic E-state index is -0.802. The molecule has 0 atom stereocenters. The van der Waals surface area contributed by atoms with E-state index in [1.54, 1.807) is 30.5 Å². The molecular formula is C36H57N11O6. The third-order valence-corrected chi connectivity index (χ3v) is 7.80. The van der Waals surface area contributed by atoms with Crippen LogP contribution in [0.3, 0.4) is 0 Å². The molecule has 3 aromatic heterocycles. The van der Waals surface area contributed by atoms with Crippen LogP contribution >= 0.6 is 0 Å². The fraction of sp³-hybridized carbons (Fsp3) is 0.583. The second-order valence-electron chi connectivity index (χ2n) is 13.4. The minimum Gasteiger partial charge on any atom is -0.480 e. The van der Waals surface area contributed by atoms with E-state index in [1.165, 1.54) is 6.20 Å². The van der Waals surface area contributed by atoms with Crippen molar-refractivity contribution in [1.29, 1.82) is 0 Å². The minimum absolute atomic E-state index is 0.0531. The van der Waals surface area contributed by atoms with Crippen molar-refractivity contribution in [3.8, 4) is 23.0 Å². The van der Waals surface area contributed by atoms with Crippen LogP contribution in [0.4, 0.5) is 5.69 Å². The summed E-state index contributed by atoms with van der Waals surface area (Å²) in [7, 11) is 2.00. The van der Waals surface area contributed by atoms with E-state index in [2.05, 4.69) is 58.1 Å². The number of hydrogen-bond donors (Lipinski definition) is 5. The van der Waals surface area contributed by atoms with Crippen LogP contribution in [0.5, 0.6) is 0 Å². The fourth-order valence-electron chi connectivity index (χ4n) is 4.46. The number of amides is 2. The van der Waals surface area contributed by atoms with Crippen LogP contribution in [0.25, 0.3) is 23.0 Å². The summed E-state index contributed by atoms with van der Waals surface area (Å²) in [6.07, 6.45) is 5.52. The van der Waals surface area contributed by atoms with E-state index in [0.717, 1.165) is 32.5 Å². The lowest BCUT2D eigenvalue weighted by Gasteiger charge is -2.29. The van der Waals surface area contributed by atoms with Crippen LogP contribution < -0.4 is 21.7 Å². The molecule has 0 aliphatic heterocycles. The molecule has 0 fully saturated rings. The Bertz CT molecular complexity index is 1490. The summed E-state index contributed by atoms with van der Waals surface area (Å²) in [5.41, 5.74) is 6.55. The highest BCUT2D eigenvalue weighted by molar-refractivity contribution is 5.91. The van der Waals surface area contributed by atoms with E-state index in [0.29, 0.717) is 55.6 Å². The molecular weight excluding hydrogens is 682 g/mol. The molecule has 0 saturated carbocycles. The summed E-state index contributed by atoms with van der Waals surface area (Å²) in [6, 6.07) is 8.75. The zero-order valence-electron chi connectivity index (χ0n) is 31.9. The molecule has 292 valence electrons. The molecule has 3 rings (SSSR count). The summed E-state index contributed by atoms with van der Waals surface area (Å²) in [4.78, 5) is 45.1. The normalized spacial score (nSPS) is 11.5. The number of carbonyl (C=O) groups excluding carboxylic acids is 2.